The first kappa shape index (κ1) is 15.0. The lowest BCUT2D eigenvalue weighted by Crippen LogP contribution is -2.48. The van der Waals surface area contributed by atoms with E-state index in [0.717, 1.165) is 24.0 Å². The Bertz CT molecular complexity index is 676. The van der Waals surface area contributed by atoms with Gasteiger partial charge in [0, 0.05) is 6.42 Å². The van der Waals surface area contributed by atoms with Crippen molar-refractivity contribution in [3.8, 4) is 6.07 Å². The molecule has 1 aromatic rings. The number of carbonyl (C=O) groups excluding carboxylic acids is 1. The van der Waals surface area contributed by atoms with E-state index in [9.17, 15) is 14.4 Å². The van der Waals surface area contributed by atoms with E-state index < -0.39 is 11.0 Å². The van der Waals surface area contributed by atoms with Gasteiger partial charge in [-0.25, -0.2) is 4.39 Å². The number of amides is 1. The van der Waals surface area contributed by atoms with Crippen LogP contribution in [0.5, 0.6) is 0 Å². The average Bonchev–Trinajstić information content (AvgIpc) is 3.01. The molecule has 2 atom stereocenters. The second-order valence-corrected chi connectivity index (χ2v) is 7.14. The molecule has 2 aliphatic heterocycles. The van der Waals surface area contributed by atoms with Gasteiger partial charge in [0.2, 0.25) is 5.91 Å². The van der Waals surface area contributed by atoms with Gasteiger partial charge in [0.25, 0.3) is 0 Å². The predicted molar refractivity (Wildman–Crippen MR) is 81.3 cm³/mol. The second-order valence-electron chi connectivity index (χ2n) is 7.14. The molecular weight excluding hydrogens is 279 g/mol. The van der Waals surface area contributed by atoms with Gasteiger partial charge in [-0.15, -0.1) is 0 Å². The molecule has 0 aliphatic carbocycles. The number of rotatable bonds is 2. The Morgan fingerprint density at radius 2 is 2.14 bits per heavy atom. The molecule has 1 amide bonds. The molecule has 3 rings (SSSR count). The van der Waals surface area contributed by atoms with E-state index in [2.05, 4.69) is 6.07 Å². The van der Waals surface area contributed by atoms with Gasteiger partial charge in [-0.2, -0.15) is 5.26 Å². The number of nitrogens with zero attached hydrogens (tertiary/aromatic N) is 2. The van der Waals surface area contributed by atoms with Crippen molar-refractivity contribution in [2.75, 3.05) is 0 Å². The van der Waals surface area contributed by atoms with E-state index >= 15 is 0 Å². The highest BCUT2D eigenvalue weighted by Gasteiger charge is 2.57. The molecule has 0 unspecified atom stereocenters. The summed E-state index contributed by atoms with van der Waals surface area (Å²) in [6.07, 6.45) is 2.79. The molecule has 2 saturated heterocycles. The Morgan fingerprint density at radius 1 is 1.41 bits per heavy atom. The van der Waals surface area contributed by atoms with Crippen molar-refractivity contribution < 1.29 is 9.18 Å². The van der Waals surface area contributed by atoms with E-state index in [1.165, 1.54) is 6.07 Å². The van der Waals surface area contributed by atoms with Crippen LogP contribution in [-0.2, 0) is 10.3 Å². The van der Waals surface area contributed by atoms with Crippen molar-refractivity contribution in [3.05, 3.63) is 35.1 Å². The number of halogens is 1. The predicted octanol–water partition coefficient (Wildman–Crippen LogP) is 3.66. The number of hydrogen-bond acceptors (Lipinski definition) is 2. The lowest BCUT2D eigenvalue weighted by atomic mass is 9.83. The van der Waals surface area contributed by atoms with Gasteiger partial charge in [-0.1, -0.05) is 6.07 Å². The molecule has 1 aromatic carbocycles. The fraction of sp³-hybridized carbons (Fsp3) is 0.556. The monoisotopic (exact) mass is 300 g/mol. The summed E-state index contributed by atoms with van der Waals surface area (Å²) in [5, 5.41) is 9.47. The lowest BCUT2D eigenvalue weighted by molar-refractivity contribution is -0.133. The highest BCUT2D eigenvalue weighted by Crippen LogP contribution is 2.54. The third-order valence-corrected chi connectivity index (χ3v) is 5.45. The molecule has 0 radical (unpaired) electrons. The fourth-order valence-electron chi connectivity index (χ4n) is 4.27. The normalized spacial score (nSPS) is 27.9. The zero-order valence-electron chi connectivity index (χ0n) is 13.3. The Hall–Kier alpha value is -1.89. The van der Waals surface area contributed by atoms with Crippen LogP contribution in [0, 0.1) is 29.5 Å². The van der Waals surface area contributed by atoms with Gasteiger partial charge < -0.3 is 4.90 Å². The SMILES string of the molecule is Cc1ccc(F)cc1[C@@]12CCC(=O)N1[C@@H](C(C)(C)C#N)CC2. The van der Waals surface area contributed by atoms with Gasteiger partial charge in [-0.05, 0) is 63.3 Å². The van der Waals surface area contributed by atoms with Gasteiger partial charge >= 0.3 is 0 Å². The van der Waals surface area contributed by atoms with Gasteiger partial charge in [0.15, 0.2) is 0 Å². The number of fused-ring (bicyclic) bond motifs is 1. The molecule has 0 aromatic heterocycles. The van der Waals surface area contributed by atoms with Crippen molar-refractivity contribution in [3.63, 3.8) is 0 Å². The molecular formula is C18H21FN2O. The molecule has 0 saturated carbocycles. The van der Waals surface area contributed by atoms with Crippen LogP contribution in [0.25, 0.3) is 0 Å². The number of benzene rings is 1. The van der Waals surface area contributed by atoms with Gasteiger partial charge in [0.1, 0.15) is 5.82 Å². The van der Waals surface area contributed by atoms with Crippen molar-refractivity contribution >= 4 is 5.91 Å². The van der Waals surface area contributed by atoms with Gasteiger partial charge in [0.05, 0.1) is 23.1 Å². The quantitative estimate of drug-likeness (QED) is 0.836. The summed E-state index contributed by atoms with van der Waals surface area (Å²) in [4.78, 5) is 14.4. The third-order valence-electron chi connectivity index (χ3n) is 5.45. The highest BCUT2D eigenvalue weighted by molar-refractivity contribution is 5.81. The average molecular weight is 300 g/mol. The summed E-state index contributed by atoms with van der Waals surface area (Å²) in [6, 6.07) is 7.06. The number of hydrogen-bond donors (Lipinski definition) is 0. The molecule has 116 valence electrons. The maximum absolute atomic E-state index is 13.8. The Balaban J connectivity index is 2.12. The molecule has 2 fully saturated rings. The Labute approximate surface area is 130 Å². The number of nitriles is 1. The fourth-order valence-corrected chi connectivity index (χ4v) is 4.27. The topological polar surface area (TPSA) is 44.1 Å². The highest BCUT2D eigenvalue weighted by atomic mass is 19.1. The molecule has 0 N–H and O–H groups in total. The Kier molecular flexibility index (Phi) is 3.28. The minimum atomic E-state index is -0.594. The van der Waals surface area contributed by atoms with Crippen LogP contribution in [0.15, 0.2) is 18.2 Å². The van der Waals surface area contributed by atoms with E-state index in [-0.39, 0.29) is 17.8 Å². The summed E-state index contributed by atoms with van der Waals surface area (Å²) in [7, 11) is 0. The van der Waals surface area contributed by atoms with E-state index in [1.807, 2.05) is 25.7 Å². The van der Waals surface area contributed by atoms with E-state index in [0.29, 0.717) is 12.8 Å². The third kappa shape index (κ3) is 1.95. The van der Waals surface area contributed by atoms with Crippen molar-refractivity contribution in [1.29, 1.82) is 5.26 Å². The van der Waals surface area contributed by atoms with Crippen LogP contribution < -0.4 is 0 Å². The Morgan fingerprint density at radius 3 is 2.82 bits per heavy atom. The smallest absolute Gasteiger partial charge is 0.223 e. The van der Waals surface area contributed by atoms with E-state index in [1.54, 1.807) is 12.1 Å². The van der Waals surface area contributed by atoms with Crippen LogP contribution >= 0.6 is 0 Å². The first-order valence-corrected chi connectivity index (χ1v) is 7.82. The molecule has 0 bridgehead atoms. The second kappa shape index (κ2) is 4.81. The van der Waals surface area contributed by atoms with Crippen LogP contribution in [0.3, 0.4) is 0 Å². The first-order valence-electron chi connectivity index (χ1n) is 7.82. The zero-order valence-corrected chi connectivity index (χ0v) is 13.3. The van der Waals surface area contributed by atoms with E-state index in [4.69, 9.17) is 0 Å². The minimum absolute atomic E-state index is 0.0921. The van der Waals surface area contributed by atoms with Crippen LogP contribution in [-0.4, -0.2) is 16.8 Å². The van der Waals surface area contributed by atoms with Crippen molar-refractivity contribution in [2.45, 2.75) is 58.0 Å². The van der Waals surface area contributed by atoms with Gasteiger partial charge in [-0.3, -0.25) is 4.79 Å². The van der Waals surface area contributed by atoms with Crippen LogP contribution in [0.4, 0.5) is 4.39 Å². The largest absolute Gasteiger partial charge is 0.328 e. The summed E-state index contributed by atoms with van der Waals surface area (Å²) in [6.45, 7) is 5.74. The zero-order chi connectivity index (χ0) is 16.1. The maximum Gasteiger partial charge on any atom is 0.223 e. The molecule has 0 spiro atoms. The summed E-state index contributed by atoms with van der Waals surface area (Å²) in [5.74, 6) is -0.174. The van der Waals surface area contributed by atoms with Crippen LogP contribution in [0.1, 0.15) is 50.7 Å². The molecule has 2 heterocycles. The summed E-state index contributed by atoms with van der Waals surface area (Å²) < 4.78 is 13.8. The molecule has 3 nitrogen and oxygen atoms in total. The van der Waals surface area contributed by atoms with Crippen LogP contribution in [0.2, 0.25) is 0 Å². The minimum Gasteiger partial charge on any atom is -0.328 e. The summed E-state index contributed by atoms with van der Waals surface area (Å²) in [5.41, 5.74) is 0.900. The number of carbonyl (C=O) groups is 1. The van der Waals surface area contributed by atoms with Crippen molar-refractivity contribution in [1.82, 2.24) is 4.90 Å². The lowest BCUT2D eigenvalue weighted by Gasteiger charge is -2.40. The molecule has 4 heteroatoms. The maximum atomic E-state index is 13.8. The summed E-state index contributed by atoms with van der Waals surface area (Å²) >= 11 is 0. The molecule has 22 heavy (non-hydrogen) atoms. The number of aryl methyl sites for hydroxylation is 1. The van der Waals surface area contributed by atoms with Crippen molar-refractivity contribution in [2.24, 2.45) is 5.41 Å². The standard InChI is InChI=1S/C18H21FN2O/c1-12-4-5-13(19)10-14(12)18-8-6-15(17(2,3)11-20)21(18)16(22)7-9-18/h4-5,10,15H,6-9H2,1-3H3/t15-,18-/m1/s1. The molecule has 2 aliphatic rings. The first-order chi connectivity index (χ1) is 10.3.